The molecule has 0 saturated carbocycles. The SMILES string of the molecule is CC1=C(C(=O)O)C(c2ccccc2N)C(C2OC(C)O2)=C(C)N1. The van der Waals surface area contributed by atoms with Gasteiger partial charge in [-0.1, -0.05) is 18.2 Å². The number of carboxylic acids is 1. The zero-order valence-corrected chi connectivity index (χ0v) is 13.3. The molecule has 0 spiro atoms. The number of rotatable bonds is 3. The van der Waals surface area contributed by atoms with Crippen LogP contribution in [0.2, 0.25) is 0 Å². The lowest BCUT2D eigenvalue weighted by atomic mass is 9.79. The van der Waals surface area contributed by atoms with Gasteiger partial charge in [-0.05, 0) is 32.4 Å². The molecule has 1 fully saturated rings. The molecule has 122 valence electrons. The van der Waals surface area contributed by atoms with Crippen molar-refractivity contribution in [1.82, 2.24) is 5.32 Å². The number of hydrogen-bond acceptors (Lipinski definition) is 5. The molecule has 4 N–H and O–H groups in total. The fourth-order valence-electron chi connectivity index (χ4n) is 3.21. The number of benzene rings is 1. The maximum absolute atomic E-state index is 11.9. The van der Waals surface area contributed by atoms with E-state index in [2.05, 4.69) is 5.32 Å². The maximum atomic E-state index is 11.9. The van der Waals surface area contributed by atoms with Crippen molar-refractivity contribution in [3.8, 4) is 0 Å². The number of nitrogens with one attached hydrogen (secondary N) is 1. The number of hydrogen-bond donors (Lipinski definition) is 3. The lowest BCUT2D eigenvalue weighted by molar-refractivity contribution is -0.360. The Morgan fingerprint density at radius 1 is 1.22 bits per heavy atom. The first-order valence-electron chi connectivity index (χ1n) is 7.47. The van der Waals surface area contributed by atoms with Crippen molar-refractivity contribution >= 4 is 11.7 Å². The fourth-order valence-corrected chi connectivity index (χ4v) is 3.21. The number of para-hydroxylation sites is 1. The first-order valence-corrected chi connectivity index (χ1v) is 7.47. The molecule has 6 heteroatoms. The smallest absolute Gasteiger partial charge is 0.334 e. The summed E-state index contributed by atoms with van der Waals surface area (Å²) in [5.74, 6) is -1.49. The lowest BCUT2D eigenvalue weighted by Crippen LogP contribution is -2.44. The number of aliphatic carboxylic acids is 1. The number of anilines is 1. The molecular weight excluding hydrogens is 296 g/mol. The van der Waals surface area contributed by atoms with Crippen LogP contribution in [0, 0.1) is 0 Å². The van der Waals surface area contributed by atoms with Crippen molar-refractivity contribution in [3.05, 3.63) is 52.4 Å². The highest BCUT2D eigenvalue weighted by Crippen LogP contribution is 2.44. The van der Waals surface area contributed by atoms with Crippen molar-refractivity contribution in [3.63, 3.8) is 0 Å². The molecule has 6 nitrogen and oxygen atoms in total. The topological polar surface area (TPSA) is 93.8 Å². The Bertz CT molecular complexity index is 717. The van der Waals surface area contributed by atoms with Crippen molar-refractivity contribution in [2.75, 3.05) is 5.73 Å². The summed E-state index contributed by atoms with van der Waals surface area (Å²) in [6.45, 7) is 5.44. The van der Waals surface area contributed by atoms with Gasteiger partial charge in [0, 0.05) is 28.6 Å². The number of allylic oxidation sites excluding steroid dienone is 2. The van der Waals surface area contributed by atoms with Gasteiger partial charge in [0.05, 0.1) is 5.57 Å². The monoisotopic (exact) mass is 316 g/mol. The van der Waals surface area contributed by atoms with Gasteiger partial charge in [-0.15, -0.1) is 0 Å². The van der Waals surface area contributed by atoms with Crippen LogP contribution in [0.3, 0.4) is 0 Å². The van der Waals surface area contributed by atoms with E-state index >= 15 is 0 Å². The van der Waals surface area contributed by atoms with Crippen molar-refractivity contribution in [1.29, 1.82) is 0 Å². The lowest BCUT2D eigenvalue weighted by Gasteiger charge is -2.41. The summed E-state index contributed by atoms with van der Waals surface area (Å²) in [7, 11) is 0. The van der Waals surface area contributed by atoms with Crippen LogP contribution in [0.5, 0.6) is 0 Å². The number of nitrogens with two attached hydrogens (primary N) is 1. The Kier molecular flexibility index (Phi) is 3.87. The van der Waals surface area contributed by atoms with Gasteiger partial charge in [-0.2, -0.15) is 0 Å². The van der Waals surface area contributed by atoms with Crippen molar-refractivity contribution < 1.29 is 19.4 Å². The highest BCUT2D eigenvalue weighted by atomic mass is 16.9. The van der Waals surface area contributed by atoms with E-state index in [1.807, 2.05) is 25.1 Å². The van der Waals surface area contributed by atoms with Crippen LogP contribution in [-0.2, 0) is 14.3 Å². The van der Waals surface area contributed by atoms with Gasteiger partial charge < -0.3 is 25.6 Å². The van der Waals surface area contributed by atoms with E-state index < -0.39 is 18.2 Å². The van der Waals surface area contributed by atoms with E-state index in [4.69, 9.17) is 15.2 Å². The molecule has 3 rings (SSSR count). The van der Waals surface area contributed by atoms with E-state index in [-0.39, 0.29) is 11.9 Å². The van der Waals surface area contributed by atoms with Crippen LogP contribution in [0.1, 0.15) is 32.3 Å². The quantitative estimate of drug-likeness (QED) is 0.741. The summed E-state index contributed by atoms with van der Waals surface area (Å²) in [4.78, 5) is 11.9. The molecule has 0 amide bonds. The highest BCUT2D eigenvalue weighted by Gasteiger charge is 2.42. The van der Waals surface area contributed by atoms with E-state index in [0.29, 0.717) is 11.4 Å². The molecule has 2 aliphatic heterocycles. The predicted molar refractivity (Wildman–Crippen MR) is 85.2 cm³/mol. The Morgan fingerprint density at radius 3 is 2.43 bits per heavy atom. The molecule has 0 aromatic heterocycles. The largest absolute Gasteiger partial charge is 0.478 e. The summed E-state index contributed by atoms with van der Waals surface area (Å²) in [5, 5.41) is 12.8. The Balaban J connectivity index is 2.15. The first-order chi connectivity index (χ1) is 10.9. The molecule has 1 unspecified atom stereocenters. The first kappa shape index (κ1) is 15.6. The second-order valence-corrected chi connectivity index (χ2v) is 5.78. The number of carbonyl (C=O) groups is 1. The van der Waals surface area contributed by atoms with Crippen molar-refractivity contribution in [2.45, 2.75) is 39.3 Å². The van der Waals surface area contributed by atoms with Crippen LogP contribution >= 0.6 is 0 Å². The molecular formula is C17H20N2O4. The molecule has 2 heterocycles. The Morgan fingerprint density at radius 2 is 1.87 bits per heavy atom. The average molecular weight is 316 g/mol. The second-order valence-electron chi connectivity index (χ2n) is 5.78. The number of carboxylic acid groups (broad SMARTS) is 1. The Labute approximate surface area is 134 Å². The zero-order chi connectivity index (χ0) is 16.7. The van der Waals surface area contributed by atoms with Crippen molar-refractivity contribution in [2.24, 2.45) is 0 Å². The summed E-state index contributed by atoms with van der Waals surface area (Å²) >= 11 is 0. The molecule has 1 atom stereocenters. The number of ether oxygens (including phenoxy) is 2. The van der Waals surface area contributed by atoms with E-state index in [9.17, 15) is 9.90 Å². The van der Waals surface area contributed by atoms with Crippen LogP contribution in [0.25, 0.3) is 0 Å². The normalized spacial score (nSPS) is 27.5. The third-order valence-corrected chi connectivity index (χ3v) is 4.23. The molecule has 0 radical (unpaired) electrons. The van der Waals surface area contributed by atoms with Gasteiger partial charge in [0.1, 0.15) is 0 Å². The van der Waals surface area contributed by atoms with E-state index in [1.54, 1.807) is 19.9 Å². The maximum Gasteiger partial charge on any atom is 0.334 e. The summed E-state index contributed by atoms with van der Waals surface area (Å²) in [5.41, 5.74) is 9.84. The van der Waals surface area contributed by atoms with Crippen LogP contribution in [0.15, 0.2) is 46.8 Å². The van der Waals surface area contributed by atoms with Crippen LogP contribution in [0.4, 0.5) is 5.69 Å². The Hall–Kier alpha value is -2.31. The van der Waals surface area contributed by atoms with E-state index in [1.165, 1.54) is 0 Å². The number of dihydropyridines is 1. The van der Waals surface area contributed by atoms with Gasteiger partial charge in [0.2, 0.25) is 0 Å². The third kappa shape index (κ3) is 2.60. The van der Waals surface area contributed by atoms with Crippen LogP contribution in [-0.4, -0.2) is 23.7 Å². The molecule has 1 saturated heterocycles. The van der Waals surface area contributed by atoms with Gasteiger partial charge in [0.15, 0.2) is 12.6 Å². The minimum absolute atomic E-state index is 0.259. The minimum Gasteiger partial charge on any atom is -0.478 e. The van der Waals surface area contributed by atoms with Crippen LogP contribution < -0.4 is 11.1 Å². The molecule has 1 aromatic carbocycles. The fraction of sp³-hybridized carbons (Fsp3) is 0.353. The highest BCUT2D eigenvalue weighted by molar-refractivity contribution is 5.91. The van der Waals surface area contributed by atoms with E-state index in [0.717, 1.165) is 16.8 Å². The molecule has 0 aliphatic carbocycles. The summed E-state index contributed by atoms with van der Waals surface area (Å²) in [6.07, 6.45) is -0.862. The van der Waals surface area contributed by atoms with Gasteiger partial charge in [-0.3, -0.25) is 0 Å². The zero-order valence-electron chi connectivity index (χ0n) is 13.3. The minimum atomic E-state index is -0.986. The average Bonchev–Trinajstić information content (AvgIpc) is 2.44. The molecule has 2 aliphatic rings. The summed E-state index contributed by atoms with van der Waals surface area (Å²) < 4.78 is 11.3. The molecule has 1 aromatic rings. The summed E-state index contributed by atoms with van der Waals surface area (Å²) in [6, 6.07) is 7.29. The molecule has 0 bridgehead atoms. The van der Waals surface area contributed by atoms with Gasteiger partial charge in [-0.25, -0.2) is 4.79 Å². The molecule has 23 heavy (non-hydrogen) atoms. The van der Waals surface area contributed by atoms with Gasteiger partial charge >= 0.3 is 5.97 Å². The predicted octanol–water partition coefficient (Wildman–Crippen LogP) is 2.31. The standard InChI is InChI=1S/C17H20N2O4/c1-8-13(16(20)21)15(11-6-4-5-7-12(11)18)14(9(2)19-8)17-22-10(3)23-17/h4-7,10,15,17,19H,18H2,1-3H3,(H,20,21). The van der Waals surface area contributed by atoms with Gasteiger partial charge in [0.25, 0.3) is 0 Å². The number of nitrogen functional groups attached to an aromatic ring is 1. The second kappa shape index (κ2) is 5.72. The third-order valence-electron chi connectivity index (χ3n) is 4.23.